The molecule has 6 heteroatoms. The zero-order valence-electron chi connectivity index (χ0n) is 11.6. The molecule has 0 bridgehead atoms. The fourth-order valence-electron chi connectivity index (χ4n) is 2.51. The number of hydrogen-bond acceptors (Lipinski definition) is 4. The van der Waals surface area contributed by atoms with Crippen LogP contribution < -0.4 is 16.8 Å². The molecule has 0 spiro atoms. The highest BCUT2D eigenvalue weighted by molar-refractivity contribution is 5.97. The van der Waals surface area contributed by atoms with Crippen molar-refractivity contribution < 1.29 is 14.3 Å². The van der Waals surface area contributed by atoms with Crippen molar-refractivity contribution in [3.63, 3.8) is 0 Å². The van der Waals surface area contributed by atoms with Crippen LogP contribution in [0.25, 0.3) is 0 Å². The third kappa shape index (κ3) is 3.01. The van der Waals surface area contributed by atoms with E-state index in [1.165, 1.54) is 0 Å². The SMILES string of the molecule is CC1(C(N)=O)C=CC(C(N)=O)=C(NC2CCOCC2)C1. The third-order valence-corrected chi connectivity index (χ3v) is 3.91. The predicted octanol–water partition coefficient (Wildman–Crippen LogP) is -0.0541. The smallest absolute Gasteiger partial charge is 0.250 e. The molecule has 2 aliphatic rings. The minimum atomic E-state index is -0.785. The number of carbonyl (C=O) groups is 2. The first-order valence-corrected chi connectivity index (χ1v) is 6.79. The first-order chi connectivity index (χ1) is 9.42. The Morgan fingerprint density at radius 3 is 2.55 bits per heavy atom. The molecule has 1 unspecified atom stereocenters. The summed E-state index contributed by atoms with van der Waals surface area (Å²) in [6.07, 6.45) is 5.36. The van der Waals surface area contributed by atoms with Crippen LogP contribution in [0.5, 0.6) is 0 Å². The molecule has 1 fully saturated rings. The highest BCUT2D eigenvalue weighted by Crippen LogP contribution is 2.33. The molecule has 110 valence electrons. The Balaban J connectivity index is 2.21. The lowest BCUT2D eigenvalue weighted by atomic mass is 9.79. The lowest BCUT2D eigenvalue weighted by Crippen LogP contribution is -2.41. The van der Waals surface area contributed by atoms with Crippen molar-refractivity contribution in [2.75, 3.05) is 13.2 Å². The van der Waals surface area contributed by atoms with E-state index in [2.05, 4.69) is 5.32 Å². The van der Waals surface area contributed by atoms with Gasteiger partial charge in [-0.1, -0.05) is 12.2 Å². The van der Waals surface area contributed by atoms with Gasteiger partial charge < -0.3 is 21.5 Å². The summed E-state index contributed by atoms with van der Waals surface area (Å²) in [6, 6.07) is 0.233. The van der Waals surface area contributed by atoms with E-state index in [9.17, 15) is 9.59 Å². The fraction of sp³-hybridized carbons (Fsp3) is 0.571. The molecule has 0 aromatic rings. The van der Waals surface area contributed by atoms with Crippen LogP contribution in [0.4, 0.5) is 0 Å². The van der Waals surface area contributed by atoms with Gasteiger partial charge in [0, 0.05) is 31.4 Å². The Labute approximate surface area is 118 Å². The van der Waals surface area contributed by atoms with Crippen LogP contribution in [0.15, 0.2) is 23.4 Å². The number of nitrogens with two attached hydrogens (primary N) is 2. The summed E-state index contributed by atoms with van der Waals surface area (Å²) in [5, 5.41) is 3.34. The molecule has 0 saturated carbocycles. The molecule has 1 atom stereocenters. The Morgan fingerprint density at radius 1 is 1.35 bits per heavy atom. The zero-order valence-corrected chi connectivity index (χ0v) is 11.6. The summed E-state index contributed by atoms with van der Waals surface area (Å²) in [7, 11) is 0. The summed E-state index contributed by atoms with van der Waals surface area (Å²) in [4.78, 5) is 23.1. The maximum Gasteiger partial charge on any atom is 0.250 e. The quantitative estimate of drug-likeness (QED) is 0.670. The van der Waals surface area contributed by atoms with E-state index >= 15 is 0 Å². The van der Waals surface area contributed by atoms with Crippen LogP contribution >= 0.6 is 0 Å². The van der Waals surface area contributed by atoms with Gasteiger partial charge in [0.05, 0.1) is 11.0 Å². The fourth-order valence-corrected chi connectivity index (χ4v) is 2.51. The second-order valence-electron chi connectivity index (χ2n) is 5.58. The average Bonchev–Trinajstić information content (AvgIpc) is 2.39. The number of primary amides is 2. The number of allylic oxidation sites excluding steroid dienone is 1. The largest absolute Gasteiger partial charge is 0.385 e. The van der Waals surface area contributed by atoms with E-state index < -0.39 is 17.2 Å². The Bertz CT molecular complexity index is 478. The van der Waals surface area contributed by atoms with E-state index in [4.69, 9.17) is 16.2 Å². The molecule has 0 aromatic carbocycles. The topological polar surface area (TPSA) is 107 Å². The molecular formula is C14H21N3O3. The van der Waals surface area contributed by atoms with E-state index in [0.717, 1.165) is 12.8 Å². The third-order valence-electron chi connectivity index (χ3n) is 3.91. The molecule has 2 rings (SSSR count). The minimum absolute atomic E-state index is 0.233. The summed E-state index contributed by atoms with van der Waals surface area (Å²) in [5.41, 5.74) is 11.2. The average molecular weight is 279 g/mol. The predicted molar refractivity (Wildman–Crippen MR) is 74.3 cm³/mol. The van der Waals surface area contributed by atoms with Crippen LogP contribution in [0, 0.1) is 5.41 Å². The number of rotatable bonds is 4. The van der Waals surface area contributed by atoms with Crippen molar-refractivity contribution in [3.05, 3.63) is 23.4 Å². The summed E-state index contributed by atoms with van der Waals surface area (Å²) >= 11 is 0. The normalized spacial score (nSPS) is 27.4. The summed E-state index contributed by atoms with van der Waals surface area (Å²) in [5.74, 6) is -0.911. The molecular weight excluding hydrogens is 258 g/mol. The zero-order chi connectivity index (χ0) is 14.8. The van der Waals surface area contributed by atoms with Crippen molar-refractivity contribution in [1.82, 2.24) is 5.32 Å². The standard InChI is InChI=1S/C14H21N3O3/c1-14(13(16)19)5-2-10(12(15)18)11(8-14)17-9-3-6-20-7-4-9/h2,5,9,17H,3-4,6-8H2,1H3,(H2,15,18)(H2,16,19). The van der Waals surface area contributed by atoms with E-state index in [-0.39, 0.29) is 6.04 Å². The Kier molecular flexibility index (Phi) is 4.13. The maximum atomic E-state index is 11.6. The van der Waals surface area contributed by atoms with Crippen molar-refractivity contribution in [3.8, 4) is 0 Å². The highest BCUT2D eigenvalue weighted by Gasteiger charge is 2.34. The second-order valence-corrected chi connectivity index (χ2v) is 5.58. The molecule has 1 saturated heterocycles. The van der Waals surface area contributed by atoms with Gasteiger partial charge in [-0.25, -0.2) is 0 Å². The summed E-state index contributed by atoms with van der Waals surface area (Å²) in [6.45, 7) is 3.15. The van der Waals surface area contributed by atoms with Crippen LogP contribution in [0.3, 0.4) is 0 Å². The molecule has 0 aromatic heterocycles. The number of amides is 2. The molecule has 0 radical (unpaired) electrons. The summed E-state index contributed by atoms with van der Waals surface area (Å²) < 4.78 is 5.31. The molecule has 2 amide bonds. The van der Waals surface area contributed by atoms with E-state index in [0.29, 0.717) is 30.9 Å². The van der Waals surface area contributed by atoms with Gasteiger partial charge >= 0.3 is 0 Å². The van der Waals surface area contributed by atoms with Gasteiger partial charge in [-0.2, -0.15) is 0 Å². The van der Waals surface area contributed by atoms with Gasteiger partial charge in [-0.15, -0.1) is 0 Å². The van der Waals surface area contributed by atoms with Crippen molar-refractivity contribution >= 4 is 11.8 Å². The van der Waals surface area contributed by atoms with Gasteiger partial charge in [-0.3, -0.25) is 9.59 Å². The molecule has 20 heavy (non-hydrogen) atoms. The molecule has 1 aliphatic carbocycles. The van der Waals surface area contributed by atoms with Crippen LogP contribution in [-0.4, -0.2) is 31.1 Å². The Hall–Kier alpha value is -1.82. The lowest BCUT2D eigenvalue weighted by molar-refractivity contribution is -0.124. The molecule has 1 heterocycles. The maximum absolute atomic E-state index is 11.6. The van der Waals surface area contributed by atoms with Crippen molar-refractivity contribution in [1.29, 1.82) is 0 Å². The number of ether oxygens (including phenoxy) is 1. The monoisotopic (exact) mass is 279 g/mol. The van der Waals surface area contributed by atoms with Gasteiger partial charge in [0.25, 0.3) is 0 Å². The number of carbonyl (C=O) groups excluding carboxylic acids is 2. The first-order valence-electron chi connectivity index (χ1n) is 6.79. The highest BCUT2D eigenvalue weighted by atomic mass is 16.5. The van der Waals surface area contributed by atoms with Crippen LogP contribution in [0.1, 0.15) is 26.2 Å². The van der Waals surface area contributed by atoms with Gasteiger partial charge in [0.15, 0.2) is 0 Å². The lowest BCUT2D eigenvalue weighted by Gasteiger charge is -2.32. The van der Waals surface area contributed by atoms with Gasteiger partial charge in [0.1, 0.15) is 0 Å². The molecule has 5 N–H and O–H groups in total. The molecule has 1 aliphatic heterocycles. The first kappa shape index (κ1) is 14.6. The molecule has 6 nitrogen and oxygen atoms in total. The second kappa shape index (κ2) is 5.66. The number of nitrogens with one attached hydrogen (secondary N) is 1. The minimum Gasteiger partial charge on any atom is -0.385 e. The van der Waals surface area contributed by atoms with Gasteiger partial charge in [0.2, 0.25) is 11.8 Å². The van der Waals surface area contributed by atoms with Gasteiger partial charge in [-0.05, 0) is 19.8 Å². The Morgan fingerprint density at radius 2 is 2.00 bits per heavy atom. The van der Waals surface area contributed by atoms with Crippen LogP contribution in [-0.2, 0) is 14.3 Å². The van der Waals surface area contributed by atoms with Crippen molar-refractivity contribution in [2.45, 2.75) is 32.2 Å². The van der Waals surface area contributed by atoms with E-state index in [1.807, 2.05) is 0 Å². The van der Waals surface area contributed by atoms with Crippen LogP contribution in [0.2, 0.25) is 0 Å². The van der Waals surface area contributed by atoms with Crippen molar-refractivity contribution in [2.24, 2.45) is 16.9 Å². The van der Waals surface area contributed by atoms with E-state index in [1.54, 1.807) is 19.1 Å². The number of hydrogen-bond donors (Lipinski definition) is 3.